The number of carbonyl (C=O) groups is 4. The Kier molecular flexibility index (Phi) is 13.0. The minimum Gasteiger partial charge on any atom is -0.462 e. The monoisotopic (exact) mass is 630 g/mol. The first-order chi connectivity index (χ1) is 23.0. The second-order valence-electron chi connectivity index (χ2n) is 10.0. The summed E-state index contributed by atoms with van der Waals surface area (Å²) in [5.74, 6) is -1.42. The number of ether oxygens (including phenoxy) is 4. The number of benzene rings is 5. The highest BCUT2D eigenvalue weighted by Crippen LogP contribution is 2.18. The first-order valence-electron chi connectivity index (χ1n) is 15.1. The van der Waals surface area contributed by atoms with Crippen molar-refractivity contribution in [3.8, 4) is 11.5 Å². The summed E-state index contributed by atoms with van der Waals surface area (Å²) in [6.45, 7) is 2.53. The highest BCUT2D eigenvalue weighted by Gasteiger charge is 2.21. The molecule has 8 nitrogen and oxygen atoms in total. The molecule has 0 amide bonds. The standard InChI is InChI=1S/C20H14O4.C19H20O4/c21-19(23-15-9-3-1-4-10-15)17-13-7-8-14-18(17)20(22)24-16-11-5-2-6-12-16;1-2-3-13-22-18(20)16-11-7-8-12-17(16)19(21)23-14-15-9-5-4-6-10-15/h1-14H;4-12H,2-3,13-14H2,1H3. The Morgan fingerprint density at radius 2 is 0.809 bits per heavy atom. The van der Waals surface area contributed by atoms with Crippen molar-refractivity contribution in [1.29, 1.82) is 0 Å². The Morgan fingerprint density at radius 3 is 1.23 bits per heavy atom. The van der Waals surface area contributed by atoms with Gasteiger partial charge in [-0.25, -0.2) is 19.2 Å². The predicted octanol–water partition coefficient (Wildman–Crippen LogP) is 8.13. The lowest BCUT2D eigenvalue weighted by Crippen LogP contribution is -2.17. The smallest absolute Gasteiger partial charge is 0.344 e. The van der Waals surface area contributed by atoms with Gasteiger partial charge in [0.1, 0.15) is 18.1 Å². The summed E-state index contributed by atoms with van der Waals surface area (Å²) in [6.07, 6.45) is 1.74. The molecule has 8 heteroatoms. The zero-order valence-corrected chi connectivity index (χ0v) is 25.9. The topological polar surface area (TPSA) is 105 Å². The van der Waals surface area contributed by atoms with Gasteiger partial charge in [0, 0.05) is 0 Å². The van der Waals surface area contributed by atoms with Gasteiger partial charge in [-0.3, -0.25) is 0 Å². The van der Waals surface area contributed by atoms with Crippen molar-refractivity contribution in [2.45, 2.75) is 26.4 Å². The second-order valence-corrected chi connectivity index (χ2v) is 10.0. The van der Waals surface area contributed by atoms with Crippen LogP contribution in [0.1, 0.15) is 66.8 Å². The van der Waals surface area contributed by atoms with E-state index >= 15 is 0 Å². The molecule has 0 heterocycles. The third-order valence-corrected chi connectivity index (χ3v) is 6.59. The zero-order valence-electron chi connectivity index (χ0n) is 25.9. The van der Waals surface area contributed by atoms with Crippen molar-refractivity contribution in [2.75, 3.05) is 6.61 Å². The van der Waals surface area contributed by atoms with E-state index < -0.39 is 23.9 Å². The summed E-state index contributed by atoms with van der Waals surface area (Å²) in [5.41, 5.74) is 1.67. The van der Waals surface area contributed by atoms with Crippen LogP contribution in [0, 0.1) is 0 Å². The molecule has 0 saturated carbocycles. The number of hydrogen-bond acceptors (Lipinski definition) is 8. The third-order valence-electron chi connectivity index (χ3n) is 6.59. The third kappa shape index (κ3) is 10.5. The van der Waals surface area contributed by atoms with Crippen LogP contribution < -0.4 is 9.47 Å². The molecule has 0 radical (unpaired) electrons. The van der Waals surface area contributed by atoms with Crippen molar-refractivity contribution in [3.05, 3.63) is 167 Å². The first kappa shape index (κ1) is 33.9. The molecule has 0 bridgehead atoms. The van der Waals surface area contributed by atoms with E-state index in [1.165, 1.54) is 12.1 Å². The quantitative estimate of drug-likeness (QED) is 0.0819. The Balaban J connectivity index is 0.000000213. The number of rotatable bonds is 11. The van der Waals surface area contributed by atoms with Gasteiger partial charge in [0.25, 0.3) is 0 Å². The van der Waals surface area contributed by atoms with Crippen molar-refractivity contribution in [3.63, 3.8) is 0 Å². The molecule has 5 aromatic carbocycles. The Hall–Kier alpha value is -6.02. The molecule has 0 fully saturated rings. The van der Waals surface area contributed by atoms with E-state index in [9.17, 15) is 19.2 Å². The Labute approximate surface area is 273 Å². The van der Waals surface area contributed by atoms with E-state index in [-0.39, 0.29) is 28.9 Å². The average molecular weight is 631 g/mol. The van der Waals surface area contributed by atoms with Crippen LogP contribution in [0.15, 0.2) is 140 Å². The van der Waals surface area contributed by atoms with Gasteiger partial charge in [0.15, 0.2) is 0 Å². The van der Waals surface area contributed by atoms with E-state index in [1.54, 1.807) is 84.9 Å². The fourth-order valence-corrected chi connectivity index (χ4v) is 4.17. The molecule has 0 aromatic heterocycles. The van der Waals surface area contributed by atoms with Gasteiger partial charge in [-0.1, -0.05) is 104 Å². The molecule has 0 aliphatic rings. The zero-order chi connectivity index (χ0) is 33.3. The summed E-state index contributed by atoms with van der Waals surface area (Å²) in [7, 11) is 0. The van der Waals surface area contributed by atoms with E-state index in [0.29, 0.717) is 18.1 Å². The average Bonchev–Trinajstić information content (AvgIpc) is 3.12. The predicted molar refractivity (Wildman–Crippen MR) is 176 cm³/mol. The number of para-hydroxylation sites is 2. The molecule has 5 aromatic rings. The van der Waals surface area contributed by atoms with E-state index in [0.717, 1.165) is 18.4 Å². The van der Waals surface area contributed by atoms with Crippen LogP contribution in [0.2, 0.25) is 0 Å². The minimum absolute atomic E-state index is 0.155. The van der Waals surface area contributed by atoms with Crippen LogP contribution in [0.5, 0.6) is 11.5 Å². The number of carbonyl (C=O) groups excluding carboxylic acids is 4. The van der Waals surface area contributed by atoms with E-state index in [4.69, 9.17) is 18.9 Å². The fourth-order valence-electron chi connectivity index (χ4n) is 4.17. The first-order valence-corrected chi connectivity index (χ1v) is 15.1. The van der Waals surface area contributed by atoms with Gasteiger partial charge in [0.05, 0.1) is 28.9 Å². The van der Waals surface area contributed by atoms with Crippen LogP contribution >= 0.6 is 0 Å². The van der Waals surface area contributed by atoms with Crippen molar-refractivity contribution >= 4 is 23.9 Å². The normalized spacial score (nSPS) is 10.1. The summed E-state index contributed by atoms with van der Waals surface area (Å²) in [4.78, 5) is 49.1. The maximum Gasteiger partial charge on any atom is 0.344 e. The van der Waals surface area contributed by atoms with Crippen LogP contribution in [0.3, 0.4) is 0 Å². The lowest BCUT2D eigenvalue weighted by molar-refractivity contribution is 0.0437. The molecule has 0 saturated heterocycles. The summed E-state index contributed by atoms with van der Waals surface area (Å²) < 4.78 is 21.0. The van der Waals surface area contributed by atoms with Crippen molar-refractivity contribution in [1.82, 2.24) is 0 Å². The van der Waals surface area contributed by atoms with Crippen LogP contribution in [-0.2, 0) is 16.1 Å². The van der Waals surface area contributed by atoms with Gasteiger partial charge >= 0.3 is 23.9 Å². The molecule has 0 atom stereocenters. The number of hydrogen-bond donors (Lipinski definition) is 0. The molecule has 0 spiro atoms. The molecule has 238 valence electrons. The molecule has 0 aliphatic carbocycles. The van der Waals surface area contributed by atoms with Crippen LogP contribution in [0.4, 0.5) is 0 Å². The SMILES string of the molecule is CCCCOC(=O)c1ccccc1C(=O)OCc1ccccc1.O=C(Oc1ccccc1)c1ccccc1C(=O)Oc1ccccc1. The van der Waals surface area contributed by atoms with Crippen molar-refractivity contribution in [2.24, 2.45) is 0 Å². The van der Waals surface area contributed by atoms with Gasteiger partial charge in [0.2, 0.25) is 0 Å². The number of unbranched alkanes of at least 4 members (excludes halogenated alkanes) is 1. The van der Waals surface area contributed by atoms with Gasteiger partial charge in [-0.2, -0.15) is 0 Å². The van der Waals surface area contributed by atoms with Crippen LogP contribution in [-0.4, -0.2) is 30.5 Å². The second kappa shape index (κ2) is 18.1. The fraction of sp³-hybridized carbons (Fsp3) is 0.128. The molecule has 0 N–H and O–H groups in total. The highest BCUT2D eigenvalue weighted by atomic mass is 16.5. The summed E-state index contributed by atoms with van der Waals surface area (Å²) >= 11 is 0. The maximum atomic E-state index is 12.4. The molecule has 0 unspecified atom stereocenters. The summed E-state index contributed by atoms with van der Waals surface area (Å²) in [5, 5.41) is 0. The van der Waals surface area contributed by atoms with E-state index in [1.807, 2.05) is 49.4 Å². The van der Waals surface area contributed by atoms with Gasteiger partial charge in [-0.05, 0) is 60.5 Å². The molecule has 0 aliphatic heterocycles. The number of esters is 4. The Bertz CT molecular complexity index is 1680. The van der Waals surface area contributed by atoms with Crippen LogP contribution in [0.25, 0.3) is 0 Å². The lowest BCUT2D eigenvalue weighted by Gasteiger charge is -2.09. The van der Waals surface area contributed by atoms with Crippen molar-refractivity contribution < 1.29 is 38.1 Å². The highest BCUT2D eigenvalue weighted by molar-refractivity contribution is 6.04. The largest absolute Gasteiger partial charge is 0.462 e. The maximum absolute atomic E-state index is 12.4. The molecular formula is C39H34O8. The molecular weight excluding hydrogens is 596 g/mol. The molecule has 47 heavy (non-hydrogen) atoms. The van der Waals surface area contributed by atoms with Gasteiger partial charge < -0.3 is 18.9 Å². The van der Waals surface area contributed by atoms with Gasteiger partial charge in [-0.15, -0.1) is 0 Å². The summed E-state index contributed by atoms with van der Waals surface area (Å²) in [6, 6.07) is 39.7. The molecule has 5 rings (SSSR count). The minimum atomic E-state index is -0.609. The lowest BCUT2D eigenvalue weighted by atomic mass is 10.1. The van der Waals surface area contributed by atoms with E-state index in [2.05, 4.69) is 0 Å². The Morgan fingerprint density at radius 1 is 0.447 bits per heavy atom.